The molecule has 1 aromatic rings. The maximum absolute atomic E-state index is 8.67. The summed E-state index contributed by atoms with van der Waals surface area (Å²) in [5.74, 6) is -0.153. The van der Waals surface area contributed by atoms with Crippen molar-refractivity contribution in [2.24, 2.45) is 0 Å². The number of hydrogen-bond donors (Lipinski definition) is 2. The zero-order valence-corrected chi connectivity index (χ0v) is 7.20. The van der Waals surface area contributed by atoms with Crippen molar-refractivity contribution in [2.75, 3.05) is 0 Å². The van der Waals surface area contributed by atoms with Crippen LogP contribution in [0.15, 0.2) is 24.3 Å². The van der Waals surface area contributed by atoms with E-state index in [2.05, 4.69) is 0 Å². The van der Waals surface area contributed by atoms with Crippen LogP contribution in [0.25, 0.3) is 0 Å². The SMILES string of the molecule is Oc1ccccc1O.[H-].[Na+]. The van der Waals surface area contributed by atoms with Crippen LogP contribution in [0.5, 0.6) is 11.5 Å². The van der Waals surface area contributed by atoms with Gasteiger partial charge >= 0.3 is 29.6 Å². The number of benzene rings is 1. The first-order valence-electron chi connectivity index (χ1n) is 2.27. The summed E-state index contributed by atoms with van der Waals surface area (Å²) < 4.78 is 0. The molecule has 0 aliphatic heterocycles. The minimum atomic E-state index is -0.0764. The number of phenols is 2. The van der Waals surface area contributed by atoms with Gasteiger partial charge in [-0.2, -0.15) is 0 Å². The summed E-state index contributed by atoms with van der Waals surface area (Å²) in [6.07, 6.45) is 0. The first-order valence-corrected chi connectivity index (χ1v) is 2.27. The van der Waals surface area contributed by atoms with Crippen LogP contribution >= 0.6 is 0 Å². The Morgan fingerprint density at radius 1 is 1.00 bits per heavy atom. The van der Waals surface area contributed by atoms with Crippen molar-refractivity contribution in [2.45, 2.75) is 0 Å². The first kappa shape index (κ1) is 8.82. The minimum Gasteiger partial charge on any atom is -1.00 e. The topological polar surface area (TPSA) is 40.5 Å². The Labute approximate surface area is 76.9 Å². The van der Waals surface area contributed by atoms with Crippen LogP contribution in [-0.2, 0) is 0 Å². The van der Waals surface area contributed by atoms with E-state index in [-0.39, 0.29) is 42.5 Å². The van der Waals surface area contributed by atoms with E-state index in [1.165, 1.54) is 12.1 Å². The van der Waals surface area contributed by atoms with E-state index in [4.69, 9.17) is 10.2 Å². The van der Waals surface area contributed by atoms with Crippen molar-refractivity contribution in [1.82, 2.24) is 0 Å². The molecule has 0 spiro atoms. The Morgan fingerprint density at radius 3 is 1.56 bits per heavy atom. The quantitative estimate of drug-likeness (QED) is 0.325. The summed E-state index contributed by atoms with van der Waals surface area (Å²) in [5, 5.41) is 17.3. The molecule has 1 rings (SSSR count). The van der Waals surface area contributed by atoms with Crippen molar-refractivity contribution in [1.29, 1.82) is 0 Å². The Balaban J connectivity index is 0. The fourth-order valence-electron chi connectivity index (χ4n) is 0.464. The minimum absolute atomic E-state index is 0. The zero-order valence-electron chi connectivity index (χ0n) is 6.20. The molecule has 0 atom stereocenters. The monoisotopic (exact) mass is 134 g/mol. The molecule has 0 bridgehead atoms. The van der Waals surface area contributed by atoms with Crippen molar-refractivity contribution >= 4 is 0 Å². The van der Waals surface area contributed by atoms with E-state index in [1.54, 1.807) is 12.1 Å². The maximum atomic E-state index is 8.67. The summed E-state index contributed by atoms with van der Waals surface area (Å²) in [5.41, 5.74) is 0. The van der Waals surface area contributed by atoms with E-state index < -0.39 is 0 Å². The molecule has 0 aromatic heterocycles. The van der Waals surface area contributed by atoms with E-state index in [0.717, 1.165) is 0 Å². The summed E-state index contributed by atoms with van der Waals surface area (Å²) in [4.78, 5) is 0. The van der Waals surface area contributed by atoms with Gasteiger partial charge in [0.05, 0.1) is 0 Å². The van der Waals surface area contributed by atoms with E-state index in [0.29, 0.717) is 0 Å². The van der Waals surface area contributed by atoms with Gasteiger partial charge in [-0.05, 0) is 12.1 Å². The second-order valence-corrected chi connectivity index (χ2v) is 1.49. The van der Waals surface area contributed by atoms with Crippen molar-refractivity contribution in [3.63, 3.8) is 0 Å². The normalized spacial score (nSPS) is 8.00. The average molecular weight is 134 g/mol. The molecule has 2 nitrogen and oxygen atoms in total. The molecular weight excluding hydrogens is 127 g/mol. The van der Waals surface area contributed by atoms with Crippen LogP contribution in [0.3, 0.4) is 0 Å². The first-order chi connectivity index (χ1) is 3.80. The van der Waals surface area contributed by atoms with Crippen molar-refractivity contribution in [3.8, 4) is 11.5 Å². The van der Waals surface area contributed by atoms with Crippen LogP contribution in [0.2, 0.25) is 0 Å². The Bertz CT molecular complexity index is 172. The number of para-hydroxylation sites is 2. The Kier molecular flexibility index (Phi) is 3.70. The summed E-state index contributed by atoms with van der Waals surface area (Å²) in [6, 6.07) is 6.15. The third-order valence-electron chi connectivity index (χ3n) is 0.882. The fraction of sp³-hybridized carbons (Fsp3) is 0. The zero-order chi connectivity index (χ0) is 5.98. The molecule has 0 heterocycles. The van der Waals surface area contributed by atoms with Crippen LogP contribution < -0.4 is 29.6 Å². The molecule has 0 radical (unpaired) electrons. The van der Waals surface area contributed by atoms with Gasteiger partial charge < -0.3 is 11.6 Å². The molecule has 2 N–H and O–H groups in total. The fourth-order valence-corrected chi connectivity index (χ4v) is 0.464. The van der Waals surface area contributed by atoms with E-state index >= 15 is 0 Å². The van der Waals surface area contributed by atoms with E-state index in [1.807, 2.05) is 0 Å². The number of rotatable bonds is 0. The molecule has 44 valence electrons. The summed E-state index contributed by atoms with van der Waals surface area (Å²) in [6.45, 7) is 0. The van der Waals surface area contributed by atoms with Crippen LogP contribution in [0.1, 0.15) is 1.43 Å². The van der Waals surface area contributed by atoms with Gasteiger partial charge in [-0.1, -0.05) is 12.1 Å². The average Bonchev–Trinajstić information content (AvgIpc) is 1.77. The second kappa shape index (κ2) is 3.77. The van der Waals surface area contributed by atoms with Gasteiger partial charge in [0.1, 0.15) is 0 Å². The number of hydrogen-bond acceptors (Lipinski definition) is 2. The van der Waals surface area contributed by atoms with Gasteiger partial charge in [0.25, 0.3) is 0 Å². The standard InChI is InChI=1S/C6H6O2.Na.H/c7-5-3-1-2-4-6(5)8;;/h1-4,7-8H;;/q;+1;-1. The predicted molar refractivity (Wildman–Crippen MR) is 30.9 cm³/mol. The molecule has 3 heteroatoms. The summed E-state index contributed by atoms with van der Waals surface area (Å²) in [7, 11) is 0. The molecule has 0 saturated heterocycles. The molecule has 0 aliphatic rings. The third kappa shape index (κ3) is 2.26. The van der Waals surface area contributed by atoms with Crippen LogP contribution in [0.4, 0.5) is 0 Å². The van der Waals surface area contributed by atoms with Crippen LogP contribution in [0, 0.1) is 0 Å². The van der Waals surface area contributed by atoms with E-state index in [9.17, 15) is 0 Å². The van der Waals surface area contributed by atoms with Crippen LogP contribution in [-0.4, -0.2) is 10.2 Å². The molecular formula is C6H7NaO2. The maximum Gasteiger partial charge on any atom is 1.00 e. The predicted octanol–water partition coefficient (Wildman–Crippen LogP) is -1.79. The van der Waals surface area contributed by atoms with Gasteiger partial charge in [0.15, 0.2) is 11.5 Å². The van der Waals surface area contributed by atoms with Gasteiger partial charge in [0, 0.05) is 0 Å². The molecule has 0 aliphatic carbocycles. The molecule has 0 unspecified atom stereocenters. The van der Waals surface area contributed by atoms with Gasteiger partial charge in [-0.25, -0.2) is 0 Å². The van der Waals surface area contributed by atoms with Crippen molar-refractivity contribution in [3.05, 3.63) is 24.3 Å². The van der Waals surface area contributed by atoms with Gasteiger partial charge in [0.2, 0.25) is 0 Å². The van der Waals surface area contributed by atoms with Gasteiger partial charge in [-0.15, -0.1) is 0 Å². The Hall–Kier alpha value is -0.180. The number of aromatic hydroxyl groups is 2. The molecule has 1 aromatic carbocycles. The Morgan fingerprint density at radius 2 is 1.33 bits per heavy atom. The molecule has 0 amide bonds. The van der Waals surface area contributed by atoms with Gasteiger partial charge in [-0.3, -0.25) is 0 Å². The third-order valence-corrected chi connectivity index (χ3v) is 0.882. The molecule has 0 saturated carbocycles. The molecule has 9 heavy (non-hydrogen) atoms. The summed E-state index contributed by atoms with van der Waals surface area (Å²) >= 11 is 0. The molecule has 0 fully saturated rings. The largest absolute Gasteiger partial charge is 1.00 e. The second-order valence-electron chi connectivity index (χ2n) is 1.49. The van der Waals surface area contributed by atoms with Crippen molar-refractivity contribution < 1.29 is 41.2 Å². The smallest absolute Gasteiger partial charge is 1.00 e. The number of phenolic OH excluding ortho intramolecular Hbond substituents is 2.